The van der Waals surface area contributed by atoms with Crippen LogP contribution in [0.25, 0.3) is 20.8 Å². The van der Waals surface area contributed by atoms with Crippen molar-refractivity contribution in [1.29, 1.82) is 5.53 Å². The molecular formula is C10H8ClN5S. The van der Waals surface area contributed by atoms with Gasteiger partial charge >= 0.3 is 0 Å². The van der Waals surface area contributed by atoms with Crippen LogP contribution in [-0.4, -0.2) is 15.2 Å². The number of aromatic nitrogens is 3. The summed E-state index contributed by atoms with van der Waals surface area (Å²) in [5.41, 5.74) is 8.83. The number of H-pyrrole nitrogens is 3. The Bertz CT molecular complexity index is 702. The molecule has 0 spiro atoms. The van der Waals surface area contributed by atoms with Crippen molar-refractivity contribution in [2.24, 2.45) is 5.11 Å². The van der Waals surface area contributed by atoms with Crippen molar-refractivity contribution >= 4 is 39.0 Å². The zero-order valence-electron chi connectivity index (χ0n) is 8.54. The van der Waals surface area contributed by atoms with Gasteiger partial charge in [0.2, 0.25) is 0 Å². The molecule has 4 N–H and O–H groups in total. The van der Waals surface area contributed by atoms with Crippen molar-refractivity contribution in [3.05, 3.63) is 29.4 Å². The zero-order chi connectivity index (χ0) is 11.8. The lowest BCUT2D eigenvalue weighted by Gasteiger charge is -2.09. The zero-order valence-corrected chi connectivity index (χ0v) is 10.1. The highest BCUT2D eigenvalue weighted by Gasteiger charge is 2.10. The molecule has 5 nitrogen and oxygen atoms in total. The molecule has 1 aromatic carbocycles. The number of benzene rings is 1. The average Bonchev–Trinajstić information content (AvgIpc) is 2.35. The molecule has 0 atom stereocenters. The third-order valence-electron chi connectivity index (χ3n) is 2.41. The van der Waals surface area contributed by atoms with Gasteiger partial charge in [0.25, 0.3) is 0 Å². The average molecular weight is 266 g/mol. The number of halogens is 1. The second-order valence-corrected chi connectivity index (χ2v) is 5.00. The van der Waals surface area contributed by atoms with Gasteiger partial charge in [0.05, 0.1) is 15.1 Å². The summed E-state index contributed by atoms with van der Waals surface area (Å²) >= 11 is 7.56. The fraction of sp³-hybridized carbons (Fsp3) is 0. The molecule has 0 unspecified atom stereocenters. The summed E-state index contributed by atoms with van der Waals surface area (Å²) in [6, 6.07) is 5.68. The van der Waals surface area contributed by atoms with Gasteiger partial charge in [-0.3, -0.25) is 5.10 Å². The normalized spacial score (nSPS) is 10.9. The Morgan fingerprint density at radius 2 is 2.24 bits per heavy atom. The van der Waals surface area contributed by atoms with Crippen LogP contribution >= 0.6 is 22.9 Å². The number of nitrogens with one attached hydrogen (secondary N) is 4. The van der Waals surface area contributed by atoms with Crippen molar-refractivity contribution in [2.75, 3.05) is 0 Å². The highest BCUT2D eigenvalue weighted by molar-refractivity contribution is 7.21. The number of nitrogens with zero attached hydrogens (tertiary/aromatic N) is 1. The van der Waals surface area contributed by atoms with Gasteiger partial charge in [-0.05, 0) is 18.2 Å². The standard InChI is InChI=1S/C10H8ClN5S/c11-5-1-2-7-6(3-5)14-9-8(17-7)4-13-16-10(9)15-12/h1-4,12-14,16H. The van der Waals surface area contributed by atoms with E-state index >= 15 is 0 Å². The maximum Gasteiger partial charge on any atom is 0.191 e. The lowest BCUT2D eigenvalue weighted by molar-refractivity contribution is 0.976. The first kappa shape index (κ1) is 10.4. The van der Waals surface area contributed by atoms with Crippen LogP contribution in [0.2, 0.25) is 5.02 Å². The van der Waals surface area contributed by atoms with E-state index in [-0.39, 0.29) is 0 Å². The first-order valence-electron chi connectivity index (χ1n) is 4.86. The molecule has 3 rings (SSSR count). The predicted molar refractivity (Wildman–Crippen MR) is 68.9 cm³/mol. The Hall–Kier alpha value is -1.79. The third kappa shape index (κ3) is 1.71. The quantitative estimate of drug-likeness (QED) is 0.371. The largest absolute Gasteiger partial charge is 0.350 e. The predicted octanol–water partition coefficient (Wildman–Crippen LogP) is 4.43. The summed E-state index contributed by atoms with van der Waals surface area (Å²) in [5.74, 6) is 0.459. The van der Waals surface area contributed by atoms with Gasteiger partial charge in [0.1, 0.15) is 5.69 Å². The maximum atomic E-state index is 7.11. The lowest BCUT2D eigenvalue weighted by atomic mass is 10.3. The molecule has 0 saturated heterocycles. The monoisotopic (exact) mass is 265 g/mol. The van der Waals surface area contributed by atoms with Gasteiger partial charge in [0, 0.05) is 11.2 Å². The Morgan fingerprint density at radius 3 is 3.06 bits per heavy atom. The van der Waals surface area contributed by atoms with Crippen LogP contribution in [0.3, 0.4) is 0 Å². The van der Waals surface area contributed by atoms with Crippen molar-refractivity contribution in [3.63, 3.8) is 0 Å². The second-order valence-electron chi connectivity index (χ2n) is 3.48. The van der Waals surface area contributed by atoms with E-state index in [4.69, 9.17) is 17.1 Å². The molecule has 2 heterocycles. The number of aromatic amines is 3. The topological polar surface area (TPSA) is 83.6 Å². The minimum absolute atomic E-state index is 0.459. The van der Waals surface area contributed by atoms with E-state index in [1.54, 1.807) is 11.3 Å². The highest BCUT2D eigenvalue weighted by Crippen LogP contribution is 2.35. The fourth-order valence-corrected chi connectivity index (χ4v) is 2.78. The van der Waals surface area contributed by atoms with E-state index in [0.717, 1.165) is 20.8 Å². The molecule has 0 fully saturated rings. The summed E-state index contributed by atoms with van der Waals surface area (Å²) in [4.78, 5) is 4.22. The molecule has 2 aliphatic heterocycles. The molecule has 2 aliphatic rings. The van der Waals surface area contributed by atoms with Gasteiger partial charge in [-0.1, -0.05) is 11.6 Å². The molecule has 0 bridgehead atoms. The lowest BCUT2D eigenvalue weighted by Crippen LogP contribution is -1.91. The van der Waals surface area contributed by atoms with Crippen molar-refractivity contribution < 1.29 is 0 Å². The Kier molecular flexibility index (Phi) is 2.38. The van der Waals surface area contributed by atoms with Crippen LogP contribution in [0.5, 0.6) is 0 Å². The molecular weight excluding hydrogens is 258 g/mol. The minimum atomic E-state index is 0.459. The number of fused-ring (bicyclic) bond motifs is 2. The first-order valence-corrected chi connectivity index (χ1v) is 6.05. The Labute approximate surface area is 105 Å². The smallest absolute Gasteiger partial charge is 0.191 e. The van der Waals surface area contributed by atoms with E-state index in [1.807, 2.05) is 24.4 Å². The molecule has 0 radical (unpaired) electrons. The van der Waals surface area contributed by atoms with E-state index in [0.29, 0.717) is 10.8 Å². The summed E-state index contributed by atoms with van der Waals surface area (Å²) in [6.07, 6.45) is 1.83. The molecule has 86 valence electrons. The van der Waals surface area contributed by atoms with E-state index in [1.165, 1.54) is 0 Å². The van der Waals surface area contributed by atoms with Crippen LogP contribution in [-0.2, 0) is 0 Å². The summed E-state index contributed by atoms with van der Waals surface area (Å²) < 4.78 is 1.09. The third-order valence-corrected chi connectivity index (χ3v) is 3.76. The SMILES string of the molecule is N=Nc1[nH][nH]cc2sc3ccc(Cl)cc3[nH]c1-2. The minimum Gasteiger partial charge on any atom is -0.350 e. The van der Waals surface area contributed by atoms with Crippen LogP contribution < -0.4 is 0 Å². The molecule has 1 aromatic rings. The molecule has 7 heteroatoms. The molecule has 0 aliphatic carbocycles. The van der Waals surface area contributed by atoms with Crippen LogP contribution in [0.15, 0.2) is 29.5 Å². The molecule has 0 aromatic heterocycles. The number of hydrogen-bond donors (Lipinski definition) is 4. The van der Waals surface area contributed by atoms with Gasteiger partial charge in [0.15, 0.2) is 5.82 Å². The Balaban J connectivity index is 2.44. The van der Waals surface area contributed by atoms with Crippen molar-refractivity contribution in [3.8, 4) is 10.6 Å². The van der Waals surface area contributed by atoms with Gasteiger partial charge in [-0.2, -0.15) is 0 Å². The molecule has 0 amide bonds. The summed E-state index contributed by atoms with van der Waals surface area (Å²) in [6.45, 7) is 0. The fourth-order valence-electron chi connectivity index (χ4n) is 1.65. The van der Waals surface area contributed by atoms with Crippen molar-refractivity contribution in [1.82, 2.24) is 15.2 Å². The van der Waals surface area contributed by atoms with Crippen molar-refractivity contribution in [2.45, 2.75) is 0 Å². The van der Waals surface area contributed by atoms with Gasteiger partial charge < -0.3 is 10.1 Å². The highest BCUT2D eigenvalue weighted by atomic mass is 35.5. The van der Waals surface area contributed by atoms with Crippen LogP contribution in [0, 0.1) is 5.53 Å². The van der Waals surface area contributed by atoms with E-state index in [2.05, 4.69) is 20.3 Å². The van der Waals surface area contributed by atoms with E-state index < -0.39 is 0 Å². The second kappa shape index (κ2) is 3.90. The molecule has 0 saturated carbocycles. The molecule has 17 heavy (non-hydrogen) atoms. The number of hydrogen-bond acceptors (Lipinski definition) is 3. The van der Waals surface area contributed by atoms with Gasteiger partial charge in [-0.15, -0.1) is 16.5 Å². The summed E-state index contributed by atoms with van der Waals surface area (Å²) in [7, 11) is 0. The Morgan fingerprint density at radius 1 is 1.35 bits per heavy atom. The summed E-state index contributed by atoms with van der Waals surface area (Å²) in [5, 5.41) is 9.77. The van der Waals surface area contributed by atoms with Crippen LogP contribution in [0.1, 0.15) is 0 Å². The maximum absolute atomic E-state index is 7.11. The van der Waals surface area contributed by atoms with Gasteiger partial charge in [-0.25, -0.2) is 5.53 Å². The number of rotatable bonds is 1. The van der Waals surface area contributed by atoms with E-state index in [9.17, 15) is 0 Å². The van der Waals surface area contributed by atoms with Crippen LogP contribution in [0.4, 0.5) is 5.82 Å². The first-order chi connectivity index (χ1) is 8.28.